The number of non-ortho nitro benzene ring substituents is 1. The molecule has 1 aromatic carbocycles. The number of nitro groups is 1. The number of rotatable bonds is 8. The van der Waals surface area contributed by atoms with Crippen LogP contribution in [0.2, 0.25) is 0 Å². The summed E-state index contributed by atoms with van der Waals surface area (Å²) in [5.74, 6) is -0.449. The zero-order chi connectivity index (χ0) is 17.6. The minimum absolute atomic E-state index is 0.132. The van der Waals surface area contributed by atoms with Gasteiger partial charge in [-0.2, -0.15) is 0 Å². The molecule has 0 saturated carbocycles. The summed E-state index contributed by atoms with van der Waals surface area (Å²) >= 11 is 0. The first-order valence-corrected chi connectivity index (χ1v) is 9.01. The first-order chi connectivity index (χ1) is 10.7. The molecule has 1 aromatic rings. The SMILES string of the molecule is CCCCNC(=O)CN(c1cc([N+](=O)[O-])ccc1C)S(C)(=O)=O. The lowest BCUT2D eigenvalue weighted by Crippen LogP contribution is -2.41. The lowest BCUT2D eigenvalue weighted by Gasteiger charge is -2.23. The number of nitrogens with one attached hydrogen (secondary N) is 1. The fourth-order valence-electron chi connectivity index (χ4n) is 1.95. The Bertz CT molecular complexity index is 688. The number of carbonyl (C=O) groups is 1. The van der Waals surface area contributed by atoms with E-state index in [1.54, 1.807) is 6.92 Å². The van der Waals surface area contributed by atoms with E-state index in [9.17, 15) is 23.3 Å². The summed E-state index contributed by atoms with van der Waals surface area (Å²) in [6.45, 7) is 3.65. The zero-order valence-corrected chi connectivity index (χ0v) is 14.2. The number of nitro benzene ring substituents is 1. The van der Waals surface area contributed by atoms with Gasteiger partial charge in [0.2, 0.25) is 15.9 Å². The highest BCUT2D eigenvalue weighted by Gasteiger charge is 2.24. The van der Waals surface area contributed by atoms with E-state index < -0.39 is 27.4 Å². The van der Waals surface area contributed by atoms with Gasteiger partial charge in [0.15, 0.2) is 0 Å². The summed E-state index contributed by atoms with van der Waals surface area (Å²) in [6.07, 6.45) is 2.66. The Balaban J connectivity index is 3.11. The molecule has 0 atom stereocenters. The second kappa shape index (κ2) is 7.91. The third kappa shape index (κ3) is 5.51. The number of amides is 1. The summed E-state index contributed by atoms with van der Waals surface area (Å²) in [4.78, 5) is 22.2. The van der Waals surface area contributed by atoms with Crippen LogP contribution in [0.15, 0.2) is 18.2 Å². The molecule has 1 N–H and O–H groups in total. The Morgan fingerprint density at radius 1 is 1.39 bits per heavy atom. The standard InChI is InChI=1S/C14H21N3O5S/c1-4-5-8-15-14(18)10-16(23(3,21)22)13-9-12(17(19)20)7-6-11(13)2/h6-7,9H,4-5,8,10H2,1-3H3,(H,15,18). The molecule has 0 radical (unpaired) electrons. The predicted octanol–water partition coefficient (Wildman–Crippen LogP) is 1.59. The Morgan fingerprint density at radius 3 is 2.57 bits per heavy atom. The molecule has 128 valence electrons. The molecule has 0 saturated heterocycles. The van der Waals surface area contributed by atoms with Crippen LogP contribution in [0, 0.1) is 17.0 Å². The normalized spacial score (nSPS) is 11.1. The summed E-state index contributed by atoms with van der Waals surface area (Å²) in [6, 6.07) is 3.91. The average Bonchev–Trinajstić information content (AvgIpc) is 2.44. The second-order valence-electron chi connectivity index (χ2n) is 5.20. The van der Waals surface area contributed by atoms with Gasteiger partial charge in [0, 0.05) is 18.7 Å². The van der Waals surface area contributed by atoms with Crippen molar-refractivity contribution in [2.45, 2.75) is 26.7 Å². The van der Waals surface area contributed by atoms with Crippen molar-refractivity contribution < 1.29 is 18.1 Å². The van der Waals surface area contributed by atoms with Crippen molar-refractivity contribution in [3.8, 4) is 0 Å². The van der Waals surface area contributed by atoms with E-state index >= 15 is 0 Å². The summed E-state index contributed by atoms with van der Waals surface area (Å²) in [5.41, 5.74) is 0.431. The minimum atomic E-state index is -3.76. The molecule has 0 spiro atoms. The smallest absolute Gasteiger partial charge is 0.271 e. The first kappa shape index (κ1) is 18.9. The highest BCUT2D eigenvalue weighted by molar-refractivity contribution is 7.92. The van der Waals surface area contributed by atoms with Crippen molar-refractivity contribution >= 4 is 27.3 Å². The Morgan fingerprint density at radius 2 is 2.04 bits per heavy atom. The Labute approximate surface area is 135 Å². The number of sulfonamides is 1. The molecular formula is C14H21N3O5S. The number of aryl methyl sites for hydroxylation is 1. The lowest BCUT2D eigenvalue weighted by atomic mass is 10.2. The van der Waals surface area contributed by atoms with Crippen LogP contribution in [0.4, 0.5) is 11.4 Å². The largest absolute Gasteiger partial charge is 0.355 e. The van der Waals surface area contributed by atoms with Gasteiger partial charge >= 0.3 is 0 Å². The Hall–Kier alpha value is -2.16. The van der Waals surface area contributed by atoms with Crippen LogP contribution in [0.1, 0.15) is 25.3 Å². The van der Waals surface area contributed by atoms with E-state index in [1.165, 1.54) is 12.1 Å². The van der Waals surface area contributed by atoms with Gasteiger partial charge in [0.05, 0.1) is 16.9 Å². The average molecular weight is 343 g/mol. The van der Waals surface area contributed by atoms with Crippen molar-refractivity contribution in [3.05, 3.63) is 33.9 Å². The molecular weight excluding hydrogens is 322 g/mol. The molecule has 1 rings (SSSR count). The molecule has 0 heterocycles. The van der Waals surface area contributed by atoms with Gasteiger partial charge in [-0.25, -0.2) is 8.42 Å². The van der Waals surface area contributed by atoms with Crippen LogP contribution in [0.25, 0.3) is 0 Å². The predicted molar refractivity (Wildman–Crippen MR) is 87.9 cm³/mol. The topological polar surface area (TPSA) is 110 Å². The molecule has 9 heteroatoms. The van der Waals surface area contributed by atoms with Crippen LogP contribution >= 0.6 is 0 Å². The van der Waals surface area contributed by atoms with Gasteiger partial charge in [-0.05, 0) is 18.9 Å². The fourth-order valence-corrected chi connectivity index (χ4v) is 2.86. The summed E-state index contributed by atoms with van der Waals surface area (Å²) < 4.78 is 24.9. The van der Waals surface area contributed by atoms with E-state index in [0.717, 1.165) is 29.5 Å². The highest BCUT2D eigenvalue weighted by atomic mass is 32.2. The van der Waals surface area contributed by atoms with Crippen molar-refractivity contribution in [3.63, 3.8) is 0 Å². The first-order valence-electron chi connectivity index (χ1n) is 7.16. The van der Waals surface area contributed by atoms with Crippen LogP contribution in [0.3, 0.4) is 0 Å². The molecule has 8 nitrogen and oxygen atoms in total. The molecule has 0 aliphatic rings. The molecule has 23 heavy (non-hydrogen) atoms. The number of hydrogen-bond acceptors (Lipinski definition) is 5. The fraction of sp³-hybridized carbons (Fsp3) is 0.500. The summed E-state index contributed by atoms with van der Waals surface area (Å²) in [7, 11) is -3.76. The quantitative estimate of drug-likeness (QED) is 0.438. The van der Waals surface area contributed by atoms with Crippen LogP contribution in [-0.4, -0.2) is 38.6 Å². The van der Waals surface area contributed by atoms with E-state index in [0.29, 0.717) is 12.1 Å². The van der Waals surface area contributed by atoms with Crippen LogP contribution < -0.4 is 9.62 Å². The number of anilines is 1. The van der Waals surface area contributed by atoms with Gasteiger partial charge in [0.25, 0.3) is 5.69 Å². The minimum Gasteiger partial charge on any atom is -0.355 e. The molecule has 0 aliphatic heterocycles. The molecule has 0 aromatic heterocycles. The number of unbranched alkanes of at least 4 members (excludes halogenated alkanes) is 1. The maximum atomic E-state index is 12.0. The molecule has 1 amide bonds. The van der Waals surface area contributed by atoms with Crippen molar-refractivity contribution in [2.24, 2.45) is 0 Å². The molecule has 0 bridgehead atoms. The number of nitrogens with zero attached hydrogens (tertiary/aromatic N) is 2. The highest BCUT2D eigenvalue weighted by Crippen LogP contribution is 2.27. The second-order valence-corrected chi connectivity index (χ2v) is 7.11. The van der Waals surface area contributed by atoms with E-state index in [-0.39, 0.29) is 11.4 Å². The third-order valence-corrected chi connectivity index (χ3v) is 4.34. The van der Waals surface area contributed by atoms with E-state index in [4.69, 9.17) is 0 Å². The van der Waals surface area contributed by atoms with Gasteiger partial charge < -0.3 is 5.32 Å². The van der Waals surface area contributed by atoms with Gasteiger partial charge in [-0.3, -0.25) is 19.2 Å². The maximum Gasteiger partial charge on any atom is 0.271 e. The molecule has 0 aliphatic carbocycles. The maximum absolute atomic E-state index is 12.0. The van der Waals surface area contributed by atoms with Crippen molar-refractivity contribution in [1.82, 2.24) is 5.32 Å². The van der Waals surface area contributed by atoms with Gasteiger partial charge in [-0.1, -0.05) is 19.4 Å². The van der Waals surface area contributed by atoms with Crippen molar-refractivity contribution in [1.29, 1.82) is 0 Å². The lowest BCUT2D eigenvalue weighted by molar-refractivity contribution is -0.384. The van der Waals surface area contributed by atoms with Crippen LogP contribution in [-0.2, 0) is 14.8 Å². The van der Waals surface area contributed by atoms with E-state index in [2.05, 4.69) is 5.32 Å². The Kier molecular flexibility index (Phi) is 6.49. The monoisotopic (exact) mass is 343 g/mol. The van der Waals surface area contributed by atoms with Gasteiger partial charge in [0.1, 0.15) is 6.54 Å². The van der Waals surface area contributed by atoms with Crippen molar-refractivity contribution in [2.75, 3.05) is 23.7 Å². The molecule has 0 fully saturated rings. The van der Waals surface area contributed by atoms with E-state index in [1.807, 2.05) is 6.92 Å². The number of benzene rings is 1. The van der Waals surface area contributed by atoms with Gasteiger partial charge in [-0.15, -0.1) is 0 Å². The third-order valence-electron chi connectivity index (χ3n) is 3.21. The number of carbonyl (C=O) groups excluding carboxylic acids is 1. The zero-order valence-electron chi connectivity index (χ0n) is 13.4. The summed E-state index contributed by atoms with van der Waals surface area (Å²) in [5, 5.41) is 13.5. The van der Waals surface area contributed by atoms with Crippen LogP contribution in [0.5, 0.6) is 0 Å². The number of hydrogen-bond donors (Lipinski definition) is 1. The molecule has 0 unspecified atom stereocenters.